The van der Waals surface area contributed by atoms with Crippen molar-refractivity contribution in [2.24, 2.45) is 7.05 Å². The number of carbonyl (C=O) groups excluding carboxylic acids is 1. The van der Waals surface area contributed by atoms with E-state index in [2.05, 4.69) is 5.32 Å². The Labute approximate surface area is 106 Å². The molecule has 0 aliphatic carbocycles. The Morgan fingerprint density at radius 3 is 2.94 bits per heavy atom. The maximum atomic E-state index is 11.1. The molecule has 0 bridgehead atoms. The number of nitrogens with one attached hydrogen (secondary N) is 1. The highest BCUT2D eigenvalue weighted by Crippen LogP contribution is 2.20. The maximum Gasteiger partial charge on any atom is 0.219 e. The van der Waals surface area contributed by atoms with Crippen LogP contribution in [0.5, 0.6) is 0 Å². The van der Waals surface area contributed by atoms with Gasteiger partial charge in [-0.2, -0.15) is 0 Å². The van der Waals surface area contributed by atoms with Crippen molar-refractivity contribution in [2.45, 2.75) is 19.4 Å². The first-order chi connectivity index (χ1) is 8.61. The minimum atomic E-state index is -0.662. The van der Waals surface area contributed by atoms with E-state index in [-0.39, 0.29) is 12.5 Å². The average Bonchev–Trinajstić information content (AvgIpc) is 2.76. The maximum absolute atomic E-state index is 11.1. The lowest BCUT2D eigenvalue weighted by molar-refractivity contribution is -0.121. The van der Waals surface area contributed by atoms with Crippen molar-refractivity contribution in [3.63, 3.8) is 0 Å². The Hall–Kier alpha value is -1.81. The van der Waals surface area contributed by atoms with E-state index in [4.69, 9.17) is 0 Å². The molecule has 4 nitrogen and oxygen atoms in total. The van der Waals surface area contributed by atoms with Crippen LogP contribution in [0.1, 0.15) is 25.0 Å². The summed E-state index contributed by atoms with van der Waals surface area (Å²) in [5.74, 6) is -0.0464. The topological polar surface area (TPSA) is 54.3 Å². The largest absolute Gasteiger partial charge is 0.387 e. The normalized spacial score (nSPS) is 12.6. The number of aromatic nitrogens is 1. The van der Waals surface area contributed by atoms with Gasteiger partial charge in [0.05, 0.1) is 6.10 Å². The molecule has 0 spiro atoms. The van der Waals surface area contributed by atoms with Gasteiger partial charge in [0.15, 0.2) is 0 Å². The summed E-state index contributed by atoms with van der Waals surface area (Å²) in [5.41, 5.74) is 1.95. The van der Waals surface area contributed by atoms with E-state index in [0.29, 0.717) is 6.42 Å². The van der Waals surface area contributed by atoms with E-state index >= 15 is 0 Å². The number of aliphatic hydroxyl groups excluding tert-OH is 1. The van der Waals surface area contributed by atoms with Crippen LogP contribution in [0.4, 0.5) is 0 Å². The van der Waals surface area contributed by atoms with Gasteiger partial charge in [0.25, 0.3) is 0 Å². The molecule has 18 heavy (non-hydrogen) atoms. The molecule has 2 N–H and O–H groups in total. The van der Waals surface area contributed by atoms with E-state index < -0.39 is 6.10 Å². The zero-order valence-corrected chi connectivity index (χ0v) is 10.7. The van der Waals surface area contributed by atoms with Gasteiger partial charge in [0.1, 0.15) is 0 Å². The molecule has 0 fully saturated rings. The third-order valence-electron chi connectivity index (χ3n) is 3.11. The van der Waals surface area contributed by atoms with Gasteiger partial charge in [-0.25, -0.2) is 0 Å². The highest BCUT2D eigenvalue weighted by Gasteiger charge is 2.10. The Bertz CT molecular complexity index is 560. The summed E-state index contributed by atoms with van der Waals surface area (Å²) >= 11 is 0. The van der Waals surface area contributed by atoms with Crippen LogP contribution in [0.25, 0.3) is 10.9 Å². The number of hydrogen-bond acceptors (Lipinski definition) is 2. The summed E-state index contributed by atoms with van der Waals surface area (Å²) in [6.45, 7) is 2.04. The second-order valence-electron chi connectivity index (χ2n) is 4.42. The molecule has 0 radical (unpaired) electrons. The number of fused-ring (bicyclic) bond motifs is 1. The summed E-state index contributed by atoms with van der Waals surface area (Å²) in [4.78, 5) is 11.1. The number of benzene rings is 1. The summed E-state index contributed by atoms with van der Waals surface area (Å²) in [6.07, 6.45) is 1.76. The lowest BCUT2D eigenvalue weighted by Crippen LogP contribution is -2.27. The Morgan fingerprint density at radius 2 is 2.22 bits per heavy atom. The molecular formula is C14H18N2O2. The fourth-order valence-corrected chi connectivity index (χ4v) is 1.96. The second kappa shape index (κ2) is 5.23. The van der Waals surface area contributed by atoms with Crippen molar-refractivity contribution < 1.29 is 9.90 Å². The predicted octanol–water partition coefficient (Wildman–Crippen LogP) is 1.74. The van der Waals surface area contributed by atoms with E-state index in [1.807, 2.05) is 42.1 Å². The average molecular weight is 246 g/mol. The molecule has 4 heteroatoms. The summed E-state index contributed by atoms with van der Waals surface area (Å²) in [5, 5.41) is 13.8. The molecule has 96 valence electrons. The first kappa shape index (κ1) is 12.6. The first-order valence-electron chi connectivity index (χ1n) is 6.11. The van der Waals surface area contributed by atoms with Gasteiger partial charge in [-0.15, -0.1) is 0 Å². The minimum absolute atomic E-state index is 0.0464. The lowest BCUT2D eigenvalue weighted by Gasteiger charge is -2.12. The molecule has 1 amide bonds. The van der Waals surface area contributed by atoms with Gasteiger partial charge in [-0.3, -0.25) is 4.79 Å². The number of nitrogens with zero attached hydrogens (tertiary/aromatic N) is 1. The molecule has 0 saturated carbocycles. The second-order valence-corrected chi connectivity index (χ2v) is 4.42. The molecule has 1 atom stereocenters. The quantitative estimate of drug-likeness (QED) is 0.863. The molecular weight excluding hydrogens is 228 g/mol. The zero-order valence-electron chi connectivity index (χ0n) is 10.7. The fraction of sp³-hybridized carbons (Fsp3) is 0.357. The van der Waals surface area contributed by atoms with E-state index in [1.165, 1.54) is 0 Å². The summed E-state index contributed by atoms with van der Waals surface area (Å²) in [7, 11) is 1.99. The van der Waals surface area contributed by atoms with Crippen LogP contribution in [0.3, 0.4) is 0 Å². The third-order valence-corrected chi connectivity index (χ3v) is 3.11. The SMILES string of the molecule is CCC(=O)NCC(O)c1ccc2c(ccn2C)c1. The zero-order chi connectivity index (χ0) is 13.1. The Morgan fingerprint density at radius 1 is 1.44 bits per heavy atom. The van der Waals surface area contributed by atoms with Crippen molar-refractivity contribution in [1.29, 1.82) is 0 Å². The molecule has 2 rings (SSSR count). The predicted molar refractivity (Wildman–Crippen MR) is 71.2 cm³/mol. The monoisotopic (exact) mass is 246 g/mol. The number of aliphatic hydroxyl groups is 1. The van der Waals surface area contributed by atoms with Gasteiger partial charge >= 0.3 is 0 Å². The highest BCUT2D eigenvalue weighted by molar-refractivity contribution is 5.81. The van der Waals surface area contributed by atoms with Crippen molar-refractivity contribution in [3.05, 3.63) is 36.0 Å². The van der Waals surface area contributed by atoms with Crippen LogP contribution in [0, 0.1) is 0 Å². The van der Waals surface area contributed by atoms with E-state index in [0.717, 1.165) is 16.5 Å². The minimum Gasteiger partial charge on any atom is -0.387 e. The number of amides is 1. The van der Waals surface area contributed by atoms with Crippen LogP contribution in [0.2, 0.25) is 0 Å². The van der Waals surface area contributed by atoms with Crippen LogP contribution in [0.15, 0.2) is 30.5 Å². The van der Waals surface area contributed by atoms with Crippen LogP contribution in [-0.4, -0.2) is 22.1 Å². The smallest absolute Gasteiger partial charge is 0.219 e. The van der Waals surface area contributed by atoms with Crippen molar-refractivity contribution >= 4 is 16.8 Å². The molecule has 1 unspecified atom stereocenters. The molecule has 1 aromatic carbocycles. The van der Waals surface area contributed by atoms with Gasteiger partial charge < -0.3 is 15.0 Å². The first-order valence-corrected chi connectivity index (χ1v) is 6.11. The van der Waals surface area contributed by atoms with Crippen molar-refractivity contribution in [1.82, 2.24) is 9.88 Å². The van der Waals surface area contributed by atoms with E-state index in [9.17, 15) is 9.90 Å². The van der Waals surface area contributed by atoms with Gasteiger partial charge in [-0.05, 0) is 29.1 Å². The molecule has 0 aliphatic heterocycles. The summed E-state index contributed by atoms with van der Waals surface area (Å²) in [6, 6.07) is 7.84. The number of carbonyl (C=O) groups is 1. The van der Waals surface area contributed by atoms with Gasteiger partial charge in [0, 0.05) is 31.7 Å². The van der Waals surface area contributed by atoms with Crippen LogP contribution >= 0.6 is 0 Å². The number of aryl methyl sites for hydroxylation is 1. The van der Waals surface area contributed by atoms with Crippen LogP contribution < -0.4 is 5.32 Å². The van der Waals surface area contributed by atoms with E-state index in [1.54, 1.807) is 6.92 Å². The summed E-state index contributed by atoms with van der Waals surface area (Å²) < 4.78 is 2.03. The molecule has 1 aromatic heterocycles. The third kappa shape index (κ3) is 2.54. The number of rotatable bonds is 4. The Balaban J connectivity index is 2.12. The molecule has 1 heterocycles. The fourth-order valence-electron chi connectivity index (χ4n) is 1.96. The van der Waals surface area contributed by atoms with Crippen molar-refractivity contribution in [2.75, 3.05) is 6.54 Å². The molecule has 2 aromatic rings. The highest BCUT2D eigenvalue weighted by atomic mass is 16.3. The van der Waals surface area contributed by atoms with Gasteiger partial charge in [-0.1, -0.05) is 13.0 Å². The van der Waals surface area contributed by atoms with Crippen LogP contribution in [-0.2, 0) is 11.8 Å². The molecule has 0 aliphatic rings. The van der Waals surface area contributed by atoms with Gasteiger partial charge in [0.2, 0.25) is 5.91 Å². The standard InChI is InChI=1S/C14H18N2O2/c1-3-14(18)15-9-13(17)11-4-5-12-10(8-11)6-7-16(12)2/h4-8,13,17H,3,9H2,1-2H3,(H,15,18). The number of hydrogen-bond donors (Lipinski definition) is 2. The Kier molecular flexibility index (Phi) is 3.67. The molecule has 0 saturated heterocycles. The van der Waals surface area contributed by atoms with Crippen molar-refractivity contribution in [3.8, 4) is 0 Å². The lowest BCUT2D eigenvalue weighted by atomic mass is 10.1.